The molecular formula is C30H23ClO4. The Labute approximate surface area is 209 Å². The highest BCUT2D eigenvalue weighted by Gasteiger charge is 2.58. The molecule has 1 saturated heterocycles. The standard InChI is InChI=1S/C30H23ClO4/c31-25-18-10-17-24(19-25)30(26(20-27(32)35-30)21-11-4-1-5-12-21)29(33)34-28(22-13-6-2-7-14-22)23-15-8-3-9-16-23/h1-19,26,28H,20H2/t26-,30+/m0/s1. The fraction of sp³-hybridized carbons (Fsp3) is 0.133. The molecule has 0 N–H and O–H groups in total. The van der Waals surface area contributed by atoms with Gasteiger partial charge in [0, 0.05) is 16.5 Å². The average Bonchev–Trinajstić information content (AvgIpc) is 3.27. The van der Waals surface area contributed by atoms with Gasteiger partial charge < -0.3 is 9.47 Å². The van der Waals surface area contributed by atoms with Crippen LogP contribution in [0.25, 0.3) is 0 Å². The number of cyclic esters (lactones) is 1. The molecule has 0 radical (unpaired) electrons. The first-order valence-corrected chi connectivity index (χ1v) is 11.8. The number of esters is 2. The van der Waals surface area contributed by atoms with Crippen LogP contribution in [0.4, 0.5) is 0 Å². The SMILES string of the molecule is O=C1C[C@@H](c2ccccc2)[C@@](C(=O)OC(c2ccccc2)c2ccccc2)(c2cccc(Cl)c2)O1. The van der Waals surface area contributed by atoms with E-state index in [4.69, 9.17) is 21.1 Å². The number of hydrogen-bond acceptors (Lipinski definition) is 4. The van der Waals surface area contributed by atoms with Crippen LogP contribution in [0.2, 0.25) is 5.02 Å². The molecule has 1 aliphatic heterocycles. The van der Waals surface area contributed by atoms with Gasteiger partial charge in [0.25, 0.3) is 0 Å². The summed E-state index contributed by atoms with van der Waals surface area (Å²) in [5, 5.41) is 0.437. The van der Waals surface area contributed by atoms with Crippen LogP contribution in [0.5, 0.6) is 0 Å². The van der Waals surface area contributed by atoms with Gasteiger partial charge in [-0.25, -0.2) is 4.79 Å². The molecule has 0 aliphatic carbocycles. The van der Waals surface area contributed by atoms with Gasteiger partial charge in [-0.2, -0.15) is 0 Å². The zero-order valence-electron chi connectivity index (χ0n) is 18.8. The molecule has 5 heteroatoms. The molecule has 1 aliphatic rings. The summed E-state index contributed by atoms with van der Waals surface area (Å²) in [6.07, 6.45) is -0.635. The third-order valence-corrected chi connectivity index (χ3v) is 6.56. The lowest BCUT2D eigenvalue weighted by molar-refractivity contribution is -0.180. The summed E-state index contributed by atoms with van der Waals surface area (Å²) >= 11 is 6.32. The maximum atomic E-state index is 14.2. The largest absolute Gasteiger partial charge is 0.449 e. The van der Waals surface area contributed by atoms with Crippen molar-refractivity contribution in [3.05, 3.63) is 143 Å². The molecule has 0 unspecified atom stereocenters. The quantitative estimate of drug-likeness (QED) is 0.290. The second kappa shape index (κ2) is 9.77. The Bertz CT molecular complexity index is 1280. The summed E-state index contributed by atoms with van der Waals surface area (Å²) in [6.45, 7) is 0. The molecule has 4 aromatic carbocycles. The fourth-order valence-electron chi connectivity index (χ4n) is 4.70. The van der Waals surface area contributed by atoms with Crippen molar-refractivity contribution < 1.29 is 19.1 Å². The summed E-state index contributed by atoms with van der Waals surface area (Å²) < 4.78 is 12.2. The molecule has 5 rings (SSSR count). The Hall–Kier alpha value is -3.89. The first-order chi connectivity index (χ1) is 17.1. The van der Waals surface area contributed by atoms with Crippen molar-refractivity contribution in [3.8, 4) is 0 Å². The van der Waals surface area contributed by atoms with Gasteiger partial charge >= 0.3 is 11.9 Å². The molecule has 0 saturated carbocycles. The fourth-order valence-corrected chi connectivity index (χ4v) is 4.89. The van der Waals surface area contributed by atoms with E-state index in [0.29, 0.717) is 10.6 Å². The van der Waals surface area contributed by atoms with Crippen LogP contribution in [0.15, 0.2) is 115 Å². The first kappa shape index (κ1) is 22.9. The number of halogens is 1. The Morgan fingerprint density at radius 1 is 0.829 bits per heavy atom. The van der Waals surface area contributed by atoms with Crippen molar-refractivity contribution in [2.45, 2.75) is 24.0 Å². The minimum absolute atomic E-state index is 0.0486. The van der Waals surface area contributed by atoms with Crippen molar-refractivity contribution in [1.29, 1.82) is 0 Å². The van der Waals surface area contributed by atoms with Gasteiger partial charge in [0.05, 0.1) is 6.42 Å². The van der Waals surface area contributed by atoms with Crippen LogP contribution >= 0.6 is 11.6 Å². The van der Waals surface area contributed by atoms with Crippen LogP contribution in [0.3, 0.4) is 0 Å². The Kier molecular flexibility index (Phi) is 6.39. The van der Waals surface area contributed by atoms with Crippen molar-refractivity contribution in [3.63, 3.8) is 0 Å². The van der Waals surface area contributed by atoms with E-state index in [1.807, 2.05) is 91.0 Å². The maximum Gasteiger partial charge on any atom is 0.357 e. The zero-order chi connectivity index (χ0) is 24.3. The van der Waals surface area contributed by atoms with Crippen LogP contribution in [0.1, 0.15) is 40.7 Å². The summed E-state index contributed by atoms with van der Waals surface area (Å²) in [5.41, 5.74) is 1.24. The van der Waals surface area contributed by atoms with Gasteiger partial charge in [-0.1, -0.05) is 115 Å². The molecular weight excluding hydrogens is 460 g/mol. The van der Waals surface area contributed by atoms with E-state index >= 15 is 0 Å². The molecule has 0 amide bonds. The average molecular weight is 483 g/mol. The van der Waals surface area contributed by atoms with Crippen molar-refractivity contribution in [1.82, 2.24) is 0 Å². The van der Waals surface area contributed by atoms with E-state index in [2.05, 4.69) is 0 Å². The Morgan fingerprint density at radius 2 is 1.40 bits per heavy atom. The number of benzene rings is 4. The van der Waals surface area contributed by atoms with E-state index in [0.717, 1.165) is 16.7 Å². The van der Waals surface area contributed by atoms with Crippen molar-refractivity contribution >= 4 is 23.5 Å². The number of carbonyl (C=O) groups is 2. The number of ether oxygens (including phenoxy) is 2. The summed E-state index contributed by atoms with van der Waals surface area (Å²) in [7, 11) is 0. The predicted molar refractivity (Wildman–Crippen MR) is 134 cm³/mol. The third kappa shape index (κ3) is 4.45. The topological polar surface area (TPSA) is 52.6 Å². The summed E-state index contributed by atoms with van der Waals surface area (Å²) in [5.74, 6) is -1.68. The third-order valence-electron chi connectivity index (χ3n) is 6.32. The lowest BCUT2D eigenvalue weighted by Gasteiger charge is -2.33. The van der Waals surface area contributed by atoms with Crippen molar-refractivity contribution in [2.24, 2.45) is 0 Å². The lowest BCUT2D eigenvalue weighted by atomic mass is 9.77. The Balaban J connectivity index is 1.64. The summed E-state index contributed by atoms with van der Waals surface area (Å²) in [4.78, 5) is 27.0. The molecule has 4 nitrogen and oxygen atoms in total. The minimum Gasteiger partial charge on any atom is -0.449 e. The van der Waals surface area contributed by atoms with E-state index < -0.39 is 29.6 Å². The number of rotatable bonds is 6. The van der Waals surface area contributed by atoms with Gasteiger partial charge in [-0.15, -0.1) is 0 Å². The van der Waals surface area contributed by atoms with Crippen LogP contribution < -0.4 is 0 Å². The smallest absolute Gasteiger partial charge is 0.357 e. The van der Waals surface area contributed by atoms with Gasteiger partial charge in [0.2, 0.25) is 5.60 Å². The van der Waals surface area contributed by atoms with Gasteiger partial charge in [-0.05, 0) is 28.8 Å². The van der Waals surface area contributed by atoms with Gasteiger partial charge in [-0.3, -0.25) is 4.79 Å². The van der Waals surface area contributed by atoms with E-state index in [9.17, 15) is 9.59 Å². The number of carbonyl (C=O) groups excluding carboxylic acids is 2. The highest BCUT2D eigenvalue weighted by Crippen LogP contribution is 2.50. The first-order valence-electron chi connectivity index (χ1n) is 11.4. The second-order valence-electron chi connectivity index (χ2n) is 8.49. The van der Waals surface area contributed by atoms with E-state index in [1.165, 1.54) is 0 Å². The van der Waals surface area contributed by atoms with Gasteiger partial charge in [0.15, 0.2) is 6.10 Å². The van der Waals surface area contributed by atoms with Crippen LogP contribution in [0, 0.1) is 0 Å². The highest BCUT2D eigenvalue weighted by atomic mass is 35.5. The highest BCUT2D eigenvalue weighted by molar-refractivity contribution is 6.30. The van der Waals surface area contributed by atoms with Crippen LogP contribution in [-0.2, 0) is 24.7 Å². The van der Waals surface area contributed by atoms with Gasteiger partial charge in [0.1, 0.15) is 0 Å². The van der Waals surface area contributed by atoms with E-state index in [-0.39, 0.29) is 6.42 Å². The van der Waals surface area contributed by atoms with Crippen LogP contribution in [-0.4, -0.2) is 11.9 Å². The minimum atomic E-state index is -1.68. The summed E-state index contributed by atoms with van der Waals surface area (Å²) in [6, 6.07) is 35.3. The molecule has 4 aromatic rings. The molecule has 1 heterocycles. The molecule has 0 spiro atoms. The predicted octanol–water partition coefficient (Wildman–Crippen LogP) is 6.60. The van der Waals surface area contributed by atoms with E-state index in [1.54, 1.807) is 24.3 Å². The zero-order valence-corrected chi connectivity index (χ0v) is 19.6. The lowest BCUT2D eigenvalue weighted by Crippen LogP contribution is -2.42. The Morgan fingerprint density at radius 3 is 1.97 bits per heavy atom. The normalized spacial score (nSPS) is 19.4. The second-order valence-corrected chi connectivity index (χ2v) is 8.93. The molecule has 2 atom stereocenters. The molecule has 174 valence electrons. The number of hydrogen-bond donors (Lipinski definition) is 0. The molecule has 1 fully saturated rings. The molecule has 0 bridgehead atoms. The van der Waals surface area contributed by atoms with Crippen molar-refractivity contribution in [2.75, 3.05) is 0 Å². The maximum absolute atomic E-state index is 14.2. The molecule has 35 heavy (non-hydrogen) atoms. The molecule has 0 aromatic heterocycles. The monoisotopic (exact) mass is 482 g/mol.